The average Bonchev–Trinajstić information content (AvgIpc) is 3.59. The summed E-state index contributed by atoms with van der Waals surface area (Å²) in [4.78, 5) is 51.1. The summed E-state index contributed by atoms with van der Waals surface area (Å²) in [7, 11) is 1.43. The van der Waals surface area contributed by atoms with Crippen molar-refractivity contribution < 1.29 is 85.5 Å². The van der Waals surface area contributed by atoms with Gasteiger partial charge in [-0.15, -0.1) is 0 Å². The Morgan fingerprint density at radius 3 is 1.31 bits per heavy atom. The van der Waals surface area contributed by atoms with Crippen LogP contribution in [0.15, 0.2) is 152 Å². The van der Waals surface area contributed by atoms with Gasteiger partial charge in [0.15, 0.2) is 31.1 Å². The van der Waals surface area contributed by atoms with Gasteiger partial charge in [-0.3, -0.25) is 19.2 Å². The van der Waals surface area contributed by atoms with E-state index in [2.05, 4.69) is 5.32 Å². The molecule has 15 atom stereocenters. The number of nitrogens with one attached hydrogen (secondary N) is 1. The van der Waals surface area contributed by atoms with Gasteiger partial charge in [0.25, 0.3) is 0 Å². The van der Waals surface area contributed by atoms with Gasteiger partial charge in [-0.25, -0.2) is 0 Å². The minimum absolute atomic E-state index is 0.0165. The molecule has 3 fully saturated rings. The Morgan fingerprint density at radius 1 is 0.420 bits per heavy atom. The van der Waals surface area contributed by atoms with Gasteiger partial charge < -0.3 is 71.6 Å². The summed E-state index contributed by atoms with van der Waals surface area (Å²) in [6.45, 7) is 6.89. The summed E-state index contributed by atoms with van der Waals surface area (Å²) in [5, 5.41) is 2.79. The predicted molar refractivity (Wildman–Crippen MR) is 290 cm³/mol. The third-order valence-electron chi connectivity index (χ3n) is 13.7. The van der Waals surface area contributed by atoms with Crippen LogP contribution in [0.2, 0.25) is 0 Å². The highest BCUT2D eigenvalue weighted by Gasteiger charge is 2.57. The normalized spacial score (nSPS) is 28.3. The van der Waals surface area contributed by atoms with Crippen LogP contribution in [0.1, 0.15) is 62.4 Å². The summed E-state index contributed by atoms with van der Waals surface area (Å²) >= 11 is 0. The molecule has 8 rings (SSSR count). The SMILES string of the molecule is CO[C@@H]1OC(C)[C@H](OCc2ccccc2)[C@H](O[C@H]2O[C@@H](COCc3ccccc3)[C@@H](OCc3ccccc3)C(OCc3ccccc3)C2OCc2ccccc2)C1O[C@@H]1OC(COC(C)=O)[C@@H](OC(C)=O)[C@H](OC(C)=O)C1NC(C)=O. The van der Waals surface area contributed by atoms with Crippen molar-refractivity contribution in [3.63, 3.8) is 0 Å². The molecule has 434 valence electrons. The van der Waals surface area contributed by atoms with Gasteiger partial charge in [0.1, 0.15) is 61.5 Å². The van der Waals surface area contributed by atoms with E-state index in [0.717, 1.165) is 41.7 Å². The molecule has 6 unspecified atom stereocenters. The Hall–Kier alpha value is -6.46. The molecule has 1 N–H and O–H groups in total. The topological polar surface area (TPSA) is 210 Å². The molecule has 5 aromatic rings. The zero-order valence-electron chi connectivity index (χ0n) is 46.4. The maximum atomic E-state index is 13.2. The van der Waals surface area contributed by atoms with Gasteiger partial charge in [-0.1, -0.05) is 152 Å². The molecule has 3 aliphatic heterocycles. The maximum Gasteiger partial charge on any atom is 0.303 e. The summed E-state index contributed by atoms with van der Waals surface area (Å²) in [5.74, 6) is -2.81. The quantitative estimate of drug-likeness (QED) is 0.0433. The molecular weight excluding hydrogens is 1050 g/mol. The molecule has 81 heavy (non-hydrogen) atoms. The number of hydrogen-bond acceptors (Lipinski definition) is 18. The first-order valence-corrected chi connectivity index (χ1v) is 27.1. The first-order chi connectivity index (χ1) is 39.3. The van der Waals surface area contributed by atoms with Crippen molar-refractivity contribution >= 4 is 23.8 Å². The van der Waals surface area contributed by atoms with Crippen LogP contribution in [0, 0.1) is 0 Å². The van der Waals surface area contributed by atoms with Crippen molar-refractivity contribution in [1.29, 1.82) is 0 Å². The fraction of sp³-hybridized carbons (Fsp3) is 0.452. The zero-order chi connectivity index (χ0) is 57.1. The number of benzene rings is 5. The Balaban J connectivity index is 1.24. The smallest absolute Gasteiger partial charge is 0.303 e. The number of esters is 3. The van der Waals surface area contributed by atoms with Crippen molar-refractivity contribution in [2.45, 2.75) is 160 Å². The van der Waals surface area contributed by atoms with E-state index in [1.165, 1.54) is 21.0 Å². The summed E-state index contributed by atoms with van der Waals surface area (Å²) in [6.07, 6.45) is -16.3. The van der Waals surface area contributed by atoms with E-state index >= 15 is 0 Å². The summed E-state index contributed by atoms with van der Waals surface area (Å²) in [5.41, 5.74) is 4.44. The lowest BCUT2D eigenvalue weighted by molar-refractivity contribution is -0.390. The highest BCUT2D eigenvalue weighted by molar-refractivity contribution is 5.73. The average molecular weight is 1120 g/mol. The number of amides is 1. The van der Waals surface area contributed by atoms with Crippen LogP contribution >= 0.6 is 0 Å². The molecule has 19 nitrogen and oxygen atoms in total. The van der Waals surface area contributed by atoms with Gasteiger partial charge in [0, 0.05) is 34.8 Å². The van der Waals surface area contributed by atoms with Crippen molar-refractivity contribution in [3.05, 3.63) is 179 Å². The molecule has 0 saturated carbocycles. The van der Waals surface area contributed by atoms with Crippen LogP contribution in [0.3, 0.4) is 0 Å². The highest BCUT2D eigenvalue weighted by Crippen LogP contribution is 2.38. The molecule has 19 heteroatoms. The molecule has 0 bridgehead atoms. The van der Waals surface area contributed by atoms with E-state index in [-0.39, 0.29) is 39.6 Å². The van der Waals surface area contributed by atoms with E-state index in [4.69, 9.17) is 66.3 Å². The van der Waals surface area contributed by atoms with Gasteiger partial charge in [0.05, 0.1) is 45.7 Å². The number of methoxy groups -OCH3 is 1. The summed E-state index contributed by atoms with van der Waals surface area (Å²) in [6, 6.07) is 47.1. The first kappa shape index (κ1) is 60.6. The molecule has 0 aromatic heterocycles. The number of carbonyl (C=O) groups is 4. The first-order valence-electron chi connectivity index (χ1n) is 27.1. The van der Waals surface area contributed by atoms with E-state index in [0.29, 0.717) is 0 Å². The van der Waals surface area contributed by atoms with E-state index in [1.54, 1.807) is 0 Å². The minimum Gasteiger partial charge on any atom is -0.463 e. The molecule has 0 aliphatic carbocycles. The van der Waals surface area contributed by atoms with Gasteiger partial charge >= 0.3 is 17.9 Å². The van der Waals surface area contributed by atoms with E-state index in [9.17, 15) is 19.2 Å². The van der Waals surface area contributed by atoms with Crippen molar-refractivity contribution in [1.82, 2.24) is 5.32 Å². The van der Waals surface area contributed by atoms with Gasteiger partial charge in [-0.05, 0) is 34.7 Å². The van der Waals surface area contributed by atoms with Crippen molar-refractivity contribution in [3.8, 4) is 0 Å². The highest BCUT2D eigenvalue weighted by atomic mass is 16.8. The van der Waals surface area contributed by atoms with Crippen LogP contribution < -0.4 is 5.32 Å². The minimum atomic E-state index is -1.58. The van der Waals surface area contributed by atoms with E-state index < -0.39 is 122 Å². The lowest BCUT2D eigenvalue weighted by Gasteiger charge is -2.51. The van der Waals surface area contributed by atoms with Crippen LogP contribution in [0.25, 0.3) is 0 Å². The van der Waals surface area contributed by atoms with Crippen LogP contribution in [0.4, 0.5) is 0 Å². The Kier molecular flexibility index (Phi) is 22.9. The van der Waals surface area contributed by atoms with E-state index in [1.807, 2.05) is 159 Å². The second-order valence-corrected chi connectivity index (χ2v) is 20.0. The molecule has 3 aliphatic rings. The molecule has 3 saturated heterocycles. The number of hydrogen-bond donors (Lipinski definition) is 1. The Morgan fingerprint density at radius 2 is 0.840 bits per heavy atom. The molecule has 0 spiro atoms. The van der Waals surface area contributed by atoms with Gasteiger partial charge in [-0.2, -0.15) is 0 Å². The van der Waals surface area contributed by atoms with Gasteiger partial charge in [0.2, 0.25) is 5.91 Å². The van der Waals surface area contributed by atoms with Crippen LogP contribution in [-0.4, -0.2) is 136 Å². The number of carbonyl (C=O) groups excluding carboxylic acids is 4. The third kappa shape index (κ3) is 17.5. The Labute approximate surface area is 472 Å². The standard InChI is InChI=1S/C62H73NO18/c1-39-52(71-33-45-24-14-8-15-25-45)57(59(61(68-6)75-39)81-60-51(63-40(2)64)55(77-43(5)67)54(76-42(4)66)50(78-60)38-70-41(3)65)80-62-58(74-36-48-30-20-11-21-31-48)56(73-35-47-28-18-10-19-29-47)53(72-34-46-26-16-9-17-27-46)49(79-62)37-69-32-44-22-12-7-13-23-44/h7-31,39,49-62H,32-38H2,1-6H3,(H,63,64)/t39?,49-,50?,51?,52-,53+,54+,55+,56?,57-,58?,59?,60-,61+,62+/m0/s1. The van der Waals surface area contributed by atoms with Crippen molar-refractivity contribution in [2.75, 3.05) is 20.3 Å². The second kappa shape index (κ2) is 30.6. The molecule has 0 radical (unpaired) electrons. The fourth-order valence-corrected chi connectivity index (χ4v) is 10.0. The number of rotatable bonds is 26. The maximum absolute atomic E-state index is 13.2. The van der Waals surface area contributed by atoms with Crippen molar-refractivity contribution in [2.24, 2.45) is 0 Å². The zero-order valence-corrected chi connectivity index (χ0v) is 46.4. The second-order valence-electron chi connectivity index (χ2n) is 20.0. The molecule has 1 amide bonds. The summed E-state index contributed by atoms with van der Waals surface area (Å²) < 4.78 is 92.3. The number of ether oxygens (including phenoxy) is 14. The lowest BCUT2D eigenvalue weighted by atomic mass is 9.94. The fourth-order valence-electron chi connectivity index (χ4n) is 10.0. The monoisotopic (exact) mass is 1120 g/mol. The Bertz CT molecular complexity index is 2690. The molecule has 5 aromatic carbocycles. The molecular formula is C62H73NO18. The van der Waals surface area contributed by atoms with Crippen LogP contribution in [-0.2, 0) is 119 Å². The largest absolute Gasteiger partial charge is 0.463 e. The third-order valence-corrected chi connectivity index (χ3v) is 13.7. The van der Waals surface area contributed by atoms with Crippen LogP contribution in [0.5, 0.6) is 0 Å². The molecule has 3 heterocycles. The lowest BCUT2D eigenvalue weighted by Crippen LogP contribution is -2.69. The predicted octanol–water partition coefficient (Wildman–Crippen LogP) is 7.09.